The molecule has 2 heterocycles. The number of benzene rings is 1. The Morgan fingerprint density at radius 2 is 1.65 bits per heavy atom. The molecule has 3 rings (SSSR count). The van der Waals surface area contributed by atoms with Gasteiger partial charge in [-0.2, -0.15) is 5.10 Å². The Kier molecular flexibility index (Phi) is 6.47. The number of rotatable bonds is 6. The molecule has 1 aromatic heterocycles. The Hall–Kier alpha value is -1.68. The highest BCUT2D eigenvalue weighted by atomic mass is 124. The molecule has 7 nitrogen and oxygen atoms in total. The van der Waals surface area contributed by atoms with Gasteiger partial charge >= 0.3 is 5.69 Å². The first-order valence-corrected chi connectivity index (χ1v) is 9.98. The van der Waals surface area contributed by atoms with Crippen molar-refractivity contribution >= 4 is 28.3 Å². The van der Waals surface area contributed by atoms with Crippen LogP contribution in [0.3, 0.4) is 0 Å². The van der Waals surface area contributed by atoms with E-state index in [2.05, 4.69) is 61.8 Å². The fourth-order valence-corrected chi connectivity index (χ4v) is 3.51. The van der Waals surface area contributed by atoms with Crippen molar-refractivity contribution < 1.29 is 0 Å². The highest BCUT2D eigenvalue weighted by Gasteiger charge is 2.16. The lowest BCUT2D eigenvalue weighted by molar-refractivity contribution is 0.250. The molecule has 0 aliphatic carbocycles. The molecule has 0 saturated carbocycles. The Labute approximate surface area is 166 Å². The number of nitrogens with zero attached hydrogens (tertiary/aromatic N) is 5. The van der Waals surface area contributed by atoms with E-state index in [1.807, 2.05) is 0 Å². The number of unbranched alkanes of at least 4 members (excludes halogenated alkanes) is 1. The van der Waals surface area contributed by atoms with Gasteiger partial charge in [0.15, 0.2) is 0 Å². The average Bonchev–Trinajstić information content (AvgIpc) is 2.66. The van der Waals surface area contributed by atoms with E-state index in [0.29, 0.717) is 6.54 Å². The largest absolute Gasteiger partial charge is 0.369 e. The van der Waals surface area contributed by atoms with Gasteiger partial charge < -0.3 is 4.90 Å². The van der Waals surface area contributed by atoms with Crippen molar-refractivity contribution in [1.29, 1.82) is 0 Å². The predicted octanol–water partition coefficient (Wildman–Crippen LogP) is 1.15. The summed E-state index contributed by atoms with van der Waals surface area (Å²) < 4.78 is 3.73. The molecule has 1 aliphatic heterocycles. The van der Waals surface area contributed by atoms with Crippen LogP contribution >= 0.6 is 22.6 Å². The first-order chi connectivity index (χ1) is 12.5. The molecule has 0 amide bonds. The molecule has 8 heteroatoms. The highest BCUT2D eigenvalue weighted by Crippen LogP contribution is 2.18. The van der Waals surface area contributed by atoms with E-state index in [1.54, 1.807) is 0 Å². The first-order valence-electron chi connectivity index (χ1n) is 8.90. The van der Waals surface area contributed by atoms with Crippen LogP contribution in [-0.2, 0) is 13.6 Å². The van der Waals surface area contributed by atoms with Gasteiger partial charge in [-0.15, -0.1) is 0 Å². The van der Waals surface area contributed by atoms with Crippen molar-refractivity contribution in [3.63, 3.8) is 0 Å². The second kappa shape index (κ2) is 8.81. The van der Waals surface area contributed by atoms with Gasteiger partial charge in [-0.05, 0) is 66.2 Å². The van der Waals surface area contributed by atoms with Crippen molar-refractivity contribution in [2.45, 2.75) is 19.4 Å². The lowest BCUT2D eigenvalue weighted by Crippen LogP contribution is -2.46. The van der Waals surface area contributed by atoms with Crippen molar-refractivity contribution in [1.82, 2.24) is 19.2 Å². The molecule has 0 bridgehead atoms. The summed E-state index contributed by atoms with van der Waals surface area (Å²) in [5.74, 6) is 0. The fourth-order valence-electron chi connectivity index (χ4n) is 3.15. The molecule has 1 fully saturated rings. The number of hydrogen-bond acceptors (Lipinski definition) is 5. The molecular formula is C18H24IN5O2. The van der Waals surface area contributed by atoms with E-state index in [4.69, 9.17) is 0 Å². The Bertz CT molecular complexity index is 838. The molecule has 1 aromatic carbocycles. The van der Waals surface area contributed by atoms with Gasteiger partial charge in [0, 0.05) is 49.0 Å². The molecule has 0 atom stereocenters. The van der Waals surface area contributed by atoms with Crippen LogP contribution in [0.4, 0.5) is 5.69 Å². The zero-order valence-electron chi connectivity index (χ0n) is 15.0. The maximum atomic E-state index is 11.9. The minimum absolute atomic E-state index is 0.344. The van der Waals surface area contributed by atoms with Gasteiger partial charge in [-0.3, -0.25) is 14.3 Å². The molecule has 2 aromatic rings. The van der Waals surface area contributed by atoms with Gasteiger partial charge in [0.1, 0.15) is 6.20 Å². The Morgan fingerprint density at radius 3 is 2.35 bits per heavy atom. The van der Waals surface area contributed by atoms with Gasteiger partial charge in [0.2, 0.25) is 0 Å². The topological polar surface area (TPSA) is 63.4 Å². The monoisotopic (exact) mass is 466 g/mol. The van der Waals surface area contributed by atoms with Crippen molar-refractivity contribution in [2.75, 3.05) is 37.6 Å². The van der Waals surface area contributed by atoms with Crippen LogP contribution < -0.4 is 16.1 Å². The zero-order valence-corrected chi connectivity index (χ0v) is 17.1. The van der Waals surface area contributed by atoms with Crippen LogP contribution in [0, 0.1) is 3.57 Å². The van der Waals surface area contributed by atoms with Gasteiger partial charge in [0.25, 0.3) is 5.56 Å². The first kappa shape index (κ1) is 19.1. The second-order valence-electron chi connectivity index (χ2n) is 6.56. The number of aryl methyl sites for hydroxylation is 1. The Morgan fingerprint density at radius 1 is 1.00 bits per heavy atom. The minimum Gasteiger partial charge on any atom is -0.369 e. The molecule has 1 saturated heterocycles. The zero-order chi connectivity index (χ0) is 18.5. The standard InChI is InChI=1S/C18H24IN5O2/c1-21-17(25)14-20-24(18(21)26)9-3-2-8-22-10-12-23(13-11-22)16-6-4-15(19)5-7-16/h4-7,14H,2-3,8-13H2,1H3/i19-3. The molecule has 0 N–H and O–H groups in total. The predicted molar refractivity (Wildman–Crippen MR) is 111 cm³/mol. The number of piperazine rings is 1. The molecule has 26 heavy (non-hydrogen) atoms. The third kappa shape index (κ3) is 4.73. The van der Waals surface area contributed by atoms with Crippen molar-refractivity contribution in [3.05, 3.63) is 54.9 Å². The molecule has 1 aliphatic rings. The highest BCUT2D eigenvalue weighted by molar-refractivity contribution is 14.1. The van der Waals surface area contributed by atoms with Gasteiger partial charge in [-0.1, -0.05) is 0 Å². The minimum atomic E-state index is -0.364. The molecule has 0 spiro atoms. The summed E-state index contributed by atoms with van der Waals surface area (Å²) in [4.78, 5) is 28.2. The smallest absolute Gasteiger partial charge is 0.347 e. The average molecular weight is 466 g/mol. The molecule has 140 valence electrons. The van der Waals surface area contributed by atoms with Crippen molar-refractivity contribution in [3.8, 4) is 0 Å². The number of anilines is 1. The maximum absolute atomic E-state index is 11.9. The molecular weight excluding hydrogens is 442 g/mol. The molecule has 0 unspecified atom stereocenters. The summed E-state index contributed by atoms with van der Waals surface area (Å²) in [7, 11) is 1.48. The quantitative estimate of drug-likeness (QED) is 0.472. The lowest BCUT2D eigenvalue weighted by Gasteiger charge is -2.36. The fraction of sp³-hybridized carbons (Fsp3) is 0.500. The van der Waals surface area contributed by atoms with Crippen LogP contribution in [-0.4, -0.2) is 52.0 Å². The van der Waals surface area contributed by atoms with Crippen LogP contribution in [0.2, 0.25) is 0 Å². The number of aromatic nitrogens is 3. The van der Waals surface area contributed by atoms with Gasteiger partial charge in [-0.25, -0.2) is 9.48 Å². The van der Waals surface area contributed by atoms with E-state index >= 15 is 0 Å². The SMILES string of the molecule is Cn1c(=O)cnn(CCCCN2CCN(c3ccc([124I])cc3)CC2)c1=O. The number of halogens is 1. The second-order valence-corrected chi connectivity index (χ2v) is 7.81. The summed E-state index contributed by atoms with van der Waals surface area (Å²) in [5, 5.41) is 3.92. The van der Waals surface area contributed by atoms with Crippen LogP contribution in [0.1, 0.15) is 12.8 Å². The van der Waals surface area contributed by atoms with E-state index < -0.39 is 0 Å². The Balaban J connectivity index is 1.40. The third-order valence-corrected chi connectivity index (χ3v) is 5.52. The van der Waals surface area contributed by atoms with Crippen LogP contribution in [0.15, 0.2) is 40.1 Å². The molecule has 0 radical (unpaired) electrons. The van der Waals surface area contributed by atoms with E-state index in [0.717, 1.165) is 50.1 Å². The summed E-state index contributed by atoms with van der Waals surface area (Å²) >= 11 is 2.33. The normalized spacial score (nSPS) is 15.4. The summed E-state index contributed by atoms with van der Waals surface area (Å²) in [6.07, 6.45) is 3.09. The van der Waals surface area contributed by atoms with Crippen LogP contribution in [0.25, 0.3) is 0 Å². The van der Waals surface area contributed by atoms with Crippen molar-refractivity contribution in [2.24, 2.45) is 7.05 Å². The van der Waals surface area contributed by atoms with E-state index in [-0.39, 0.29) is 11.2 Å². The van der Waals surface area contributed by atoms with E-state index in [1.165, 1.54) is 27.2 Å². The summed E-state index contributed by atoms with van der Waals surface area (Å²) in [6.45, 7) is 5.79. The van der Waals surface area contributed by atoms with E-state index in [9.17, 15) is 9.59 Å². The summed E-state index contributed by atoms with van der Waals surface area (Å²) in [5.41, 5.74) is 0.589. The summed E-state index contributed by atoms with van der Waals surface area (Å²) in [6, 6.07) is 8.68. The lowest BCUT2D eigenvalue weighted by atomic mass is 10.2. The van der Waals surface area contributed by atoms with Crippen LogP contribution in [0.5, 0.6) is 0 Å². The number of hydrogen-bond donors (Lipinski definition) is 0. The van der Waals surface area contributed by atoms with Gasteiger partial charge in [0.05, 0.1) is 0 Å². The third-order valence-electron chi connectivity index (χ3n) is 4.80. The maximum Gasteiger partial charge on any atom is 0.347 e.